The lowest BCUT2D eigenvalue weighted by molar-refractivity contribution is -0.152. The van der Waals surface area contributed by atoms with Gasteiger partial charge in [0.2, 0.25) is 5.96 Å². The van der Waals surface area contributed by atoms with Crippen molar-refractivity contribution in [3.8, 4) is 0 Å². The minimum absolute atomic E-state index is 0.0101. The maximum atomic E-state index is 13.9. The van der Waals surface area contributed by atoms with Gasteiger partial charge in [0.1, 0.15) is 18.0 Å². The zero-order valence-electron chi connectivity index (χ0n) is 19.9. The maximum absolute atomic E-state index is 13.9. The van der Waals surface area contributed by atoms with Crippen molar-refractivity contribution in [1.82, 2.24) is 10.7 Å². The number of benzene rings is 3. The number of amides is 1. The molecule has 3 N–H and O–H groups in total. The molecule has 2 atom stereocenters. The number of hydrogen-bond acceptors (Lipinski definition) is 3. The monoisotopic (exact) mass is 607 g/mol. The lowest BCUT2D eigenvalue weighted by atomic mass is 10.1. The van der Waals surface area contributed by atoms with Crippen LogP contribution in [0.2, 0.25) is 10.0 Å². The number of nitrogens with zero attached hydrogens (tertiary/aromatic N) is 2. The number of alkyl halides is 6. The number of carbonyl (C=O) groups is 1. The molecule has 3 aromatic carbocycles. The van der Waals surface area contributed by atoms with E-state index in [2.05, 4.69) is 21.1 Å². The summed E-state index contributed by atoms with van der Waals surface area (Å²) in [4.78, 5) is 16.7. The van der Waals surface area contributed by atoms with E-state index >= 15 is 0 Å². The molecular weight excluding hydrogens is 590 g/mol. The summed E-state index contributed by atoms with van der Waals surface area (Å²) in [5, 5.41) is 6.67. The van der Waals surface area contributed by atoms with Gasteiger partial charge in [-0.3, -0.25) is 9.80 Å². The number of hydrazine groups is 1. The van der Waals surface area contributed by atoms with Crippen LogP contribution in [0.25, 0.3) is 0 Å². The predicted octanol–water partition coefficient (Wildman–Crippen LogP) is 7.02. The van der Waals surface area contributed by atoms with E-state index in [1.54, 1.807) is 0 Å². The molecule has 40 heavy (non-hydrogen) atoms. The van der Waals surface area contributed by atoms with E-state index in [9.17, 15) is 35.5 Å². The van der Waals surface area contributed by atoms with Crippen molar-refractivity contribution in [2.75, 3.05) is 10.3 Å². The van der Waals surface area contributed by atoms with E-state index in [1.807, 2.05) is 0 Å². The number of anilines is 2. The summed E-state index contributed by atoms with van der Waals surface area (Å²) in [6, 6.07) is 10.4. The fourth-order valence-electron chi connectivity index (χ4n) is 3.83. The van der Waals surface area contributed by atoms with Gasteiger partial charge in [-0.05, 0) is 60.7 Å². The fraction of sp³-hybridized carbons (Fsp3) is 0.200. The minimum Gasteiger partial charge on any atom is -0.334 e. The van der Waals surface area contributed by atoms with Crippen LogP contribution in [0.1, 0.15) is 22.3 Å². The van der Waals surface area contributed by atoms with Crippen molar-refractivity contribution in [1.29, 1.82) is 0 Å². The Hall–Kier alpha value is -3.55. The molecule has 0 spiro atoms. The van der Waals surface area contributed by atoms with E-state index < -0.39 is 54.2 Å². The predicted molar refractivity (Wildman–Crippen MR) is 137 cm³/mol. The highest BCUT2D eigenvalue weighted by molar-refractivity contribution is 6.31. The highest BCUT2D eigenvalue weighted by Crippen LogP contribution is 2.32. The van der Waals surface area contributed by atoms with Crippen LogP contribution in [0.5, 0.6) is 0 Å². The lowest BCUT2D eigenvalue weighted by Crippen LogP contribution is -2.51. The smallest absolute Gasteiger partial charge is 0.334 e. The molecule has 0 radical (unpaired) electrons. The molecule has 1 fully saturated rings. The van der Waals surface area contributed by atoms with Gasteiger partial charge >= 0.3 is 12.4 Å². The summed E-state index contributed by atoms with van der Waals surface area (Å²) in [6.07, 6.45) is -11.0. The summed E-state index contributed by atoms with van der Waals surface area (Å²) in [5.41, 5.74) is 1.35. The third-order valence-electron chi connectivity index (χ3n) is 5.65. The molecule has 1 heterocycles. The van der Waals surface area contributed by atoms with Crippen molar-refractivity contribution in [3.63, 3.8) is 0 Å². The van der Waals surface area contributed by atoms with E-state index in [1.165, 1.54) is 30.3 Å². The van der Waals surface area contributed by atoms with Crippen molar-refractivity contribution < 1.29 is 35.5 Å². The van der Waals surface area contributed by atoms with Gasteiger partial charge in [0.05, 0.1) is 11.3 Å². The highest BCUT2D eigenvalue weighted by Gasteiger charge is 2.48. The van der Waals surface area contributed by atoms with Gasteiger partial charge in [0.25, 0.3) is 5.91 Å². The van der Waals surface area contributed by atoms with Gasteiger partial charge in [0, 0.05) is 27.7 Å². The van der Waals surface area contributed by atoms with E-state index in [4.69, 9.17) is 23.2 Å². The Balaban J connectivity index is 1.69. The third-order valence-corrected chi connectivity index (χ3v) is 6.10. The maximum Gasteiger partial charge on any atom is 0.416 e. The van der Waals surface area contributed by atoms with E-state index in [0.29, 0.717) is 12.1 Å². The van der Waals surface area contributed by atoms with Crippen molar-refractivity contribution in [3.05, 3.63) is 93.7 Å². The number of rotatable bonds is 4. The van der Waals surface area contributed by atoms with Crippen LogP contribution >= 0.6 is 23.2 Å². The van der Waals surface area contributed by atoms with Gasteiger partial charge in [-0.1, -0.05) is 29.3 Å². The zero-order chi connectivity index (χ0) is 29.2. The van der Waals surface area contributed by atoms with E-state index in [-0.39, 0.29) is 27.0 Å². The average Bonchev–Trinajstić information content (AvgIpc) is 3.27. The molecule has 0 bridgehead atoms. The first-order valence-electron chi connectivity index (χ1n) is 11.4. The molecule has 2 unspecified atom stereocenters. The van der Waals surface area contributed by atoms with Crippen molar-refractivity contribution >= 4 is 46.4 Å². The number of nitrogens with one attached hydrogen (secondary N) is 3. The van der Waals surface area contributed by atoms with Gasteiger partial charge in [-0.2, -0.15) is 31.3 Å². The highest BCUT2D eigenvalue weighted by atomic mass is 35.5. The Labute approximate surface area is 232 Å². The standard InChI is InChI=1S/C25H18Cl2F7N5O/c26-15-2-1-3-19(10-15)39-21(12-20(38-39)25(32,33)34)36-23(35-18-9-16(27)8-17(28)11-18)37-22(40)13-4-6-14(7-5-13)24(29,30)31/h1-11,20-21,38H,12H2,(H2,35,36,37,40). The first-order chi connectivity index (χ1) is 18.7. The Bertz CT molecular complexity index is 1390. The summed E-state index contributed by atoms with van der Waals surface area (Å²) < 4.78 is 93.6. The van der Waals surface area contributed by atoms with Crippen molar-refractivity contribution in [2.24, 2.45) is 4.99 Å². The molecule has 4 rings (SSSR count). The quantitative estimate of drug-likeness (QED) is 0.169. The first-order valence-corrected chi connectivity index (χ1v) is 12.1. The molecule has 6 nitrogen and oxygen atoms in total. The Kier molecular flexibility index (Phi) is 8.47. The first kappa shape index (κ1) is 29.4. The van der Waals surface area contributed by atoms with Crippen LogP contribution in [-0.4, -0.2) is 30.3 Å². The zero-order valence-corrected chi connectivity index (χ0v) is 21.4. The molecule has 0 aromatic heterocycles. The normalized spacial score (nSPS) is 18.1. The number of carbonyl (C=O) groups excluding carboxylic acids is 1. The largest absolute Gasteiger partial charge is 0.416 e. The molecule has 0 saturated carbocycles. The average molecular weight is 608 g/mol. The third kappa shape index (κ3) is 7.34. The summed E-state index contributed by atoms with van der Waals surface area (Å²) in [6.45, 7) is 0. The molecular formula is C25H18Cl2F7N5O. The van der Waals surface area contributed by atoms with Gasteiger partial charge in [-0.15, -0.1) is 0 Å². The van der Waals surface area contributed by atoms with E-state index in [0.717, 1.165) is 29.3 Å². The number of halogens is 9. The van der Waals surface area contributed by atoms with Crippen LogP contribution in [0, 0.1) is 5.82 Å². The summed E-state index contributed by atoms with van der Waals surface area (Å²) >= 11 is 11.9. The molecule has 0 aliphatic carbocycles. The molecule has 1 saturated heterocycles. The van der Waals surface area contributed by atoms with Crippen LogP contribution < -0.4 is 21.1 Å². The molecule has 1 amide bonds. The second kappa shape index (κ2) is 11.5. The summed E-state index contributed by atoms with van der Waals surface area (Å²) in [7, 11) is 0. The number of aliphatic imine (C=N–C) groups is 1. The SMILES string of the molecule is O=C(/N=C(/Nc1cc(F)cc(Cl)c1)NC1CC(C(F)(F)F)NN1c1cccc(Cl)c1)c1ccc(C(F)(F)F)cc1. The summed E-state index contributed by atoms with van der Waals surface area (Å²) in [5.74, 6) is -2.21. The van der Waals surface area contributed by atoms with Crippen LogP contribution in [0.3, 0.4) is 0 Å². The van der Waals surface area contributed by atoms with Crippen molar-refractivity contribution in [2.45, 2.75) is 31.0 Å². The van der Waals surface area contributed by atoms with Gasteiger partial charge in [-0.25, -0.2) is 9.82 Å². The Morgan fingerprint density at radius 3 is 2.25 bits per heavy atom. The lowest BCUT2D eigenvalue weighted by Gasteiger charge is -2.28. The van der Waals surface area contributed by atoms with Crippen LogP contribution in [0.15, 0.2) is 71.7 Å². The molecule has 1 aliphatic rings. The van der Waals surface area contributed by atoms with Gasteiger partial charge in [0.15, 0.2) is 0 Å². The number of hydrogen-bond donors (Lipinski definition) is 3. The minimum atomic E-state index is -4.65. The Morgan fingerprint density at radius 1 is 0.950 bits per heavy atom. The second-order valence-electron chi connectivity index (χ2n) is 8.59. The molecule has 15 heteroatoms. The topological polar surface area (TPSA) is 68.8 Å². The number of guanidine groups is 1. The Morgan fingerprint density at radius 2 is 1.65 bits per heavy atom. The van der Waals surface area contributed by atoms with Gasteiger partial charge < -0.3 is 10.6 Å². The second-order valence-corrected chi connectivity index (χ2v) is 9.47. The molecule has 212 valence electrons. The fourth-order valence-corrected chi connectivity index (χ4v) is 4.24. The van der Waals surface area contributed by atoms with Crippen LogP contribution in [0.4, 0.5) is 42.1 Å². The molecule has 3 aromatic rings. The molecule has 1 aliphatic heterocycles. The van der Waals surface area contributed by atoms with Crippen LogP contribution in [-0.2, 0) is 6.18 Å².